The van der Waals surface area contributed by atoms with Gasteiger partial charge >= 0.3 is 6.09 Å². The molecule has 0 saturated carbocycles. The van der Waals surface area contributed by atoms with Crippen LogP contribution >= 0.6 is 0 Å². The average Bonchev–Trinajstić information content (AvgIpc) is 2.73. The second-order valence-corrected chi connectivity index (χ2v) is 6.79. The van der Waals surface area contributed by atoms with E-state index in [9.17, 15) is 14.7 Å². The van der Waals surface area contributed by atoms with Gasteiger partial charge in [-0.15, -0.1) is 0 Å². The number of carbonyl (C=O) groups is 2. The lowest BCUT2D eigenvalue weighted by molar-refractivity contribution is -0.127. The Bertz CT molecular complexity index is 799. The van der Waals surface area contributed by atoms with E-state index in [1.165, 1.54) is 6.08 Å². The van der Waals surface area contributed by atoms with Crippen molar-refractivity contribution in [1.29, 1.82) is 0 Å². The largest absolute Gasteiger partial charge is 0.508 e. The summed E-state index contributed by atoms with van der Waals surface area (Å²) in [4.78, 5) is 23.6. The summed E-state index contributed by atoms with van der Waals surface area (Å²) in [5.74, 6) is 0.0938. The number of carbonyl (C=O) groups excluding carboxylic acids is 2. The lowest BCUT2D eigenvalue weighted by Gasteiger charge is -2.11. The molecule has 6 nitrogen and oxygen atoms in total. The Balaban J connectivity index is 1.69. The smallest absolute Gasteiger partial charge is 0.407 e. The molecule has 0 unspecified atom stereocenters. The molecule has 0 radical (unpaired) electrons. The van der Waals surface area contributed by atoms with E-state index in [0.717, 1.165) is 16.7 Å². The third-order valence-electron chi connectivity index (χ3n) is 4.33. The minimum Gasteiger partial charge on any atom is -0.508 e. The van der Waals surface area contributed by atoms with Crippen molar-refractivity contribution in [2.45, 2.75) is 26.5 Å². The number of ether oxygens (including phenoxy) is 2. The second-order valence-electron chi connectivity index (χ2n) is 6.79. The molecule has 2 aromatic rings. The number of phenols is 1. The van der Waals surface area contributed by atoms with Crippen LogP contribution in [0.2, 0.25) is 0 Å². The highest BCUT2D eigenvalue weighted by Gasteiger charge is 2.14. The molecule has 0 saturated heterocycles. The summed E-state index contributed by atoms with van der Waals surface area (Å²) >= 11 is 0. The van der Waals surface area contributed by atoms with Crippen molar-refractivity contribution in [3.05, 3.63) is 77.9 Å². The van der Waals surface area contributed by atoms with Crippen molar-refractivity contribution >= 4 is 11.9 Å². The van der Waals surface area contributed by atoms with Gasteiger partial charge in [-0.1, -0.05) is 56.0 Å². The average molecular weight is 397 g/mol. The highest BCUT2D eigenvalue weighted by molar-refractivity contribution is 5.82. The second kappa shape index (κ2) is 11.7. The summed E-state index contributed by atoms with van der Waals surface area (Å²) in [7, 11) is 0. The Hall–Kier alpha value is -3.12. The molecule has 1 amide bonds. The molecule has 0 heterocycles. The number of benzene rings is 2. The molecule has 154 valence electrons. The predicted molar refractivity (Wildman–Crippen MR) is 110 cm³/mol. The molecule has 0 aliphatic heterocycles. The van der Waals surface area contributed by atoms with Gasteiger partial charge in [-0.3, -0.25) is 4.79 Å². The predicted octanol–water partition coefficient (Wildman–Crippen LogP) is 3.77. The Morgan fingerprint density at radius 3 is 2.34 bits per heavy atom. The van der Waals surface area contributed by atoms with Gasteiger partial charge in [-0.05, 0) is 35.2 Å². The zero-order valence-electron chi connectivity index (χ0n) is 16.6. The van der Waals surface area contributed by atoms with Crippen LogP contribution in [0.3, 0.4) is 0 Å². The third-order valence-corrected chi connectivity index (χ3v) is 4.33. The summed E-state index contributed by atoms with van der Waals surface area (Å²) in [6.45, 7) is 6.29. The standard InChI is InChI=1S/C23H27NO5/c1-3-12-29-23(27)24-14-19-4-6-20(7-5-19)15-28-16-22(26)17(2)13-18-8-10-21(25)11-9-18/h3-11,17,25H,1,12-16H2,2H3,(H,24,27)/t17-/m1/s1. The van der Waals surface area contributed by atoms with Crippen molar-refractivity contribution in [1.82, 2.24) is 5.32 Å². The molecular weight excluding hydrogens is 370 g/mol. The first-order valence-electron chi connectivity index (χ1n) is 9.45. The highest BCUT2D eigenvalue weighted by atomic mass is 16.5. The van der Waals surface area contributed by atoms with Crippen LogP contribution < -0.4 is 5.32 Å². The molecule has 0 aliphatic carbocycles. The molecule has 2 aromatic carbocycles. The van der Waals surface area contributed by atoms with Gasteiger partial charge in [0.15, 0.2) is 5.78 Å². The molecule has 1 atom stereocenters. The van der Waals surface area contributed by atoms with E-state index in [1.54, 1.807) is 12.1 Å². The zero-order chi connectivity index (χ0) is 21.1. The number of amides is 1. The van der Waals surface area contributed by atoms with E-state index < -0.39 is 6.09 Å². The fourth-order valence-corrected chi connectivity index (χ4v) is 2.62. The van der Waals surface area contributed by atoms with Crippen LogP contribution in [0.1, 0.15) is 23.6 Å². The summed E-state index contributed by atoms with van der Waals surface area (Å²) in [6, 6.07) is 14.4. The first-order chi connectivity index (χ1) is 14.0. The molecule has 0 aromatic heterocycles. The molecule has 2 rings (SSSR count). The van der Waals surface area contributed by atoms with Gasteiger partial charge in [-0.2, -0.15) is 0 Å². The van der Waals surface area contributed by atoms with Crippen molar-refractivity contribution in [2.75, 3.05) is 13.2 Å². The summed E-state index contributed by atoms with van der Waals surface area (Å²) in [6.07, 6.45) is 1.63. The van der Waals surface area contributed by atoms with Crippen molar-refractivity contribution in [2.24, 2.45) is 5.92 Å². The number of aromatic hydroxyl groups is 1. The summed E-state index contributed by atoms with van der Waals surface area (Å²) < 4.78 is 10.4. The van der Waals surface area contributed by atoms with Crippen molar-refractivity contribution < 1.29 is 24.2 Å². The quantitative estimate of drug-likeness (QED) is 0.564. The molecule has 0 spiro atoms. The molecule has 0 aliphatic rings. The fraction of sp³-hybridized carbons (Fsp3) is 0.304. The van der Waals surface area contributed by atoms with Gasteiger partial charge in [0.2, 0.25) is 0 Å². The SMILES string of the molecule is C=CCOC(=O)NCc1ccc(COCC(=O)[C@H](C)Cc2ccc(O)cc2)cc1. The van der Waals surface area contributed by atoms with Gasteiger partial charge in [0, 0.05) is 12.5 Å². The number of Topliss-reactive ketones (excluding diaryl/α,β-unsaturated/α-hetero) is 1. The van der Waals surface area contributed by atoms with E-state index >= 15 is 0 Å². The van der Waals surface area contributed by atoms with Crippen LogP contribution in [0.5, 0.6) is 5.75 Å². The fourth-order valence-electron chi connectivity index (χ4n) is 2.62. The zero-order valence-corrected chi connectivity index (χ0v) is 16.6. The Morgan fingerprint density at radius 2 is 1.69 bits per heavy atom. The minimum atomic E-state index is -0.489. The van der Waals surface area contributed by atoms with E-state index in [1.807, 2.05) is 43.3 Å². The first kappa shape index (κ1) is 22.2. The van der Waals surface area contributed by atoms with Crippen LogP contribution in [0.25, 0.3) is 0 Å². The monoisotopic (exact) mass is 397 g/mol. The number of phenolic OH excluding ortho intramolecular Hbond substituents is 1. The first-order valence-corrected chi connectivity index (χ1v) is 9.45. The van der Waals surface area contributed by atoms with Crippen LogP contribution in [0.15, 0.2) is 61.2 Å². The Kier molecular flexibility index (Phi) is 8.92. The number of hydrogen-bond acceptors (Lipinski definition) is 5. The van der Waals surface area contributed by atoms with E-state index in [-0.39, 0.29) is 30.7 Å². The normalized spacial score (nSPS) is 11.5. The molecule has 0 fully saturated rings. The number of ketones is 1. The topological polar surface area (TPSA) is 84.9 Å². The summed E-state index contributed by atoms with van der Waals surface area (Å²) in [5.41, 5.74) is 2.88. The van der Waals surface area contributed by atoms with Crippen LogP contribution in [-0.2, 0) is 33.8 Å². The highest BCUT2D eigenvalue weighted by Crippen LogP contribution is 2.14. The van der Waals surface area contributed by atoms with Gasteiger partial charge in [0.1, 0.15) is 19.0 Å². The van der Waals surface area contributed by atoms with Gasteiger partial charge in [-0.25, -0.2) is 4.79 Å². The lowest BCUT2D eigenvalue weighted by Crippen LogP contribution is -2.23. The maximum absolute atomic E-state index is 12.3. The van der Waals surface area contributed by atoms with Crippen LogP contribution in [-0.4, -0.2) is 30.2 Å². The number of alkyl carbamates (subject to hydrolysis) is 1. The van der Waals surface area contributed by atoms with Gasteiger partial charge in [0.25, 0.3) is 0 Å². The number of nitrogens with one attached hydrogen (secondary N) is 1. The molecule has 29 heavy (non-hydrogen) atoms. The summed E-state index contributed by atoms with van der Waals surface area (Å²) in [5, 5.41) is 12.0. The van der Waals surface area contributed by atoms with Gasteiger partial charge in [0.05, 0.1) is 6.61 Å². The van der Waals surface area contributed by atoms with Gasteiger partial charge < -0.3 is 19.9 Å². The number of rotatable bonds is 11. The molecule has 2 N–H and O–H groups in total. The molecule has 6 heteroatoms. The van der Waals surface area contributed by atoms with Crippen LogP contribution in [0, 0.1) is 5.92 Å². The Labute approximate surface area is 171 Å². The van der Waals surface area contributed by atoms with E-state index in [4.69, 9.17) is 9.47 Å². The number of hydrogen-bond donors (Lipinski definition) is 2. The van der Waals surface area contributed by atoms with Crippen molar-refractivity contribution in [3.8, 4) is 5.75 Å². The molecular formula is C23H27NO5. The van der Waals surface area contributed by atoms with Crippen molar-refractivity contribution in [3.63, 3.8) is 0 Å². The molecule has 0 bridgehead atoms. The maximum Gasteiger partial charge on any atom is 0.407 e. The van der Waals surface area contributed by atoms with Crippen LogP contribution in [0.4, 0.5) is 4.79 Å². The van der Waals surface area contributed by atoms with E-state index in [2.05, 4.69) is 11.9 Å². The van der Waals surface area contributed by atoms with E-state index in [0.29, 0.717) is 19.6 Å². The maximum atomic E-state index is 12.3. The lowest BCUT2D eigenvalue weighted by atomic mass is 9.97. The Morgan fingerprint density at radius 1 is 1.07 bits per heavy atom. The minimum absolute atomic E-state index is 0.0388. The third kappa shape index (κ3) is 8.19.